The van der Waals surface area contributed by atoms with Gasteiger partial charge in [0.05, 0.1) is 12.1 Å². The second kappa shape index (κ2) is 6.07. The van der Waals surface area contributed by atoms with Gasteiger partial charge in [0, 0.05) is 13.2 Å². The number of Topliss-reactive ketones (excluding diaryl/α,β-unsaturated/α-hetero) is 1. The summed E-state index contributed by atoms with van der Waals surface area (Å²) in [5.74, 6) is -0.158. The van der Waals surface area contributed by atoms with Gasteiger partial charge in [-0.25, -0.2) is 4.39 Å². The number of carbonyl (C=O) groups is 1. The van der Waals surface area contributed by atoms with Gasteiger partial charge in [0.15, 0.2) is 5.78 Å². The summed E-state index contributed by atoms with van der Waals surface area (Å²) in [6.07, 6.45) is 1.79. The van der Waals surface area contributed by atoms with Crippen LogP contribution in [0, 0.1) is 11.7 Å². The normalized spacial score (nSPS) is 20.2. The maximum Gasteiger partial charge on any atom is 0.179 e. The average Bonchev–Trinajstić information content (AvgIpc) is 2.77. The first-order valence-electron chi connectivity index (χ1n) is 6.31. The highest BCUT2D eigenvalue weighted by atomic mass is 19.1. The molecule has 1 heterocycles. The van der Waals surface area contributed by atoms with Crippen LogP contribution in [0.2, 0.25) is 0 Å². The Hall–Kier alpha value is -1.26. The van der Waals surface area contributed by atoms with Crippen LogP contribution in [0.25, 0.3) is 0 Å². The fourth-order valence-corrected chi connectivity index (χ4v) is 2.45. The molecule has 0 amide bonds. The van der Waals surface area contributed by atoms with Gasteiger partial charge in [-0.2, -0.15) is 0 Å². The van der Waals surface area contributed by atoms with E-state index in [1.54, 1.807) is 12.1 Å². The van der Waals surface area contributed by atoms with E-state index in [0.29, 0.717) is 5.92 Å². The molecule has 1 N–H and O–H groups in total. The van der Waals surface area contributed by atoms with Gasteiger partial charge < -0.3 is 5.11 Å². The first-order chi connectivity index (χ1) is 8.70. The molecule has 3 nitrogen and oxygen atoms in total. The predicted molar refractivity (Wildman–Crippen MR) is 67.0 cm³/mol. The van der Waals surface area contributed by atoms with E-state index in [-0.39, 0.29) is 24.5 Å². The van der Waals surface area contributed by atoms with Crippen molar-refractivity contribution in [2.45, 2.75) is 12.8 Å². The van der Waals surface area contributed by atoms with Crippen LogP contribution in [0.15, 0.2) is 24.3 Å². The Kier molecular flexibility index (Phi) is 4.44. The maximum atomic E-state index is 13.4. The van der Waals surface area contributed by atoms with E-state index >= 15 is 0 Å². The number of halogens is 1. The molecule has 2 rings (SSSR count). The van der Waals surface area contributed by atoms with Crippen molar-refractivity contribution < 1.29 is 14.3 Å². The summed E-state index contributed by atoms with van der Waals surface area (Å²) in [5.41, 5.74) is 0.170. The van der Waals surface area contributed by atoms with Crippen LogP contribution in [-0.4, -0.2) is 42.0 Å². The number of nitrogens with zero attached hydrogens (tertiary/aromatic N) is 1. The first-order valence-corrected chi connectivity index (χ1v) is 6.31. The van der Waals surface area contributed by atoms with Crippen molar-refractivity contribution in [2.75, 3.05) is 26.2 Å². The second-order valence-electron chi connectivity index (χ2n) is 4.81. The van der Waals surface area contributed by atoms with Gasteiger partial charge in [0.1, 0.15) is 5.82 Å². The number of carbonyl (C=O) groups excluding carboxylic acids is 1. The zero-order valence-corrected chi connectivity index (χ0v) is 10.3. The van der Waals surface area contributed by atoms with Crippen molar-refractivity contribution in [2.24, 2.45) is 5.92 Å². The third-order valence-corrected chi connectivity index (χ3v) is 3.45. The molecule has 0 spiro atoms. The Morgan fingerprint density at radius 1 is 1.44 bits per heavy atom. The standard InChI is InChI=1S/C14H18FNO2/c15-13-4-2-1-3-12(13)14(18)10-16-7-5-11(9-16)6-8-17/h1-4,11,17H,5-10H2. The summed E-state index contributed by atoms with van der Waals surface area (Å²) in [6, 6.07) is 6.10. The topological polar surface area (TPSA) is 40.5 Å². The van der Waals surface area contributed by atoms with E-state index in [4.69, 9.17) is 5.11 Å². The van der Waals surface area contributed by atoms with Crippen LogP contribution >= 0.6 is 0 Å². The summed E-state index contributed by atoms with van der Waals surface area (Å²) in [6.45, 7) is 2.13. The third kappa shape index (κ3) is 3.15. The third-order valence-electron chi connectivity index (χ3n) is 3.45. The Bertz CT molecular complexity index is 422. The Labute approximate surface area is 106 Å². The van der Waals surface area contributed by atoms with Gasteiger partial charge in [-0.05, 0) is 37.4 Å². The number of aliphatic hydroxyl groups excluding tert-OH is 1. The molecule has 1 aromatic rings. The summed E-state index contributed by atoms with van der Waals surface area (Å²) in [4.78, 5) is 14.0. The van der Waals surface area contributed by atoms with E-state index in [2.05, 4.69) is 0 Å². The fraction of sp³-hybridized carbons (Fsp3) is 0.500. The molecule has 0 bridgehead atoms. The van der Waals surface area contributed by atoms with E-state index in [9.17, 15) is 9.18 Å². The highest BCUT2D eigenvalue weighted by Gasteiger charge is 2.24. The maximum absolute atomic E-state index is 13.4. The number of hydrogen-bond acceptors (Lipinski definition) is 3. The molecular weight excluding hydrogens is 233 g/mol. The van der Waals surface area contributed by atoms with Crippen molar-refractivity contribution in [1.82, 2.24) is 4.90 Å². The average molecular weight is 251 g/mol. The van der Waals surface area contributed by atoms with E-state index in [0.717, 1.165) is 25.9 Å². The lowest BCUT2D eigenvalue weighted by atomic mass is 10.1. The van der Waals surface area contributed by atoms with Crippen LogP contribution in [0.3, 0.4) is 0 Å². The van der Waals surface area contributed by atoms with Crippen LogP contribution in [-0.2, 0) is 0 Å². The Balaban J connectivity index is 1.91. The van der Waals surface area contributed by atoms with Gasteiger partial charge in [0.2, 0.25) is 0 Å². The zero-order chi connectivity index (χ0) is 13.0. The fourth-order valence-electron chi connectivity index (χ4n) is 2.45. The highest BCUT2D eigenvalue weighted by Crippen LogP contribution is 2.19. The molecular formula is C14H18FNO2. The molecule has 1 unspecified atom stereocenters. The van der Waals surface area contributed by atoms with Crippen LogP contribution in [0.5, 0.6) is 0 Å². The number of benzene rings is 1. The van der Waals surface area contributed by atoms with Gasteiger partial charge >= 0.3 is 0 Å². The number of aliphatic hydroxyl groups is 1. The smallest absolute Gasteiger partial charge is 0.179 e. The zero-order valence-electron chi connectivity index (χ0n) is 10.3. The predicted octanol–water partition coefficient (Wildman–Crippen LogP) is 1.71. The number of rotatable bonds is 5. The van der Waals surface area contributed by atoms with Crippen LogP contribution in [0.4, 0.5) is 4.39 Å². The summed E-state index contributed by atoms with van der Waals surface area (Å²) in [7, 11) is 0. The van der Waals surface area contributed by atoms with E-state index in [1.807, 2.05) is 4.90 Å². The lowest BCUT2D eigenvalue weighted by Gasteiger charge is -2.15. The number of ketones is 1. The van der Waals surface area contributed by atoms with E-state index < -0.39 is 5.82 Å². The molecule has 1 aliphatic rings. The Morgan fingerprint density at radius 2 is 2.22 bits per heavy atom. The monoisotopic (exact) mass is 251 g/mol. The van der Waals surface area contributed by atoms with E-state index in [1.165, 1.54) is 12.1 Å². The highest BCUT2D eigenvalue weighted by molar-refractivity contribution is 5.97. The molecule has 1 saturated heterocycles. The van der Waals surface area contributed by atoms with Crippen LogP contribution in [0.1, 0.15) is 23.2 Å². The van der Waals surface area contributed by atoms with Crippen molar-refractivity contribution in [3.8, 4) is 0 Å². The molecule has 0 saturated carbocycles. The van der Waals surface area contributed by atoms with Crippen LogP contribution < -0.4 is 0 Å². The largest absolute Gasteiger partial charge is 0.396 e. The summed E-state index contributed by atoms with van der Waals surface area (Å²) >= 11 is 0. The SMILES string of the molecule is O=C(CN1CCC(CCO)C1)c1ccccc1F. The van der Waals surface area contributed by atoms with Crippen molar-refractivity contribution in [3.05, 3.63) is 35.6 Å². The molecule has 1 aliphatic heterocycles. The molecule has 98 valence electrons. The minimum atomic E-state index is -0.450. The molecule has 1 fully saturated rings. The molecule has 1 aromatic carbocycles. The molecule has 4 heteroatoms. The second-order valence-corrected chi connectivity index (χ2v) is 4.81. The molecule has 0 aliphatic carbocycles. The van der Waals surface area contributed by atoms with Gasteiger partial charge in [-0.3, -0.25) is 9.69 Å². The number of likely N-dealkylation sites (tertiary alicyclic amines) is 1. The minimum Gasteiger partial charge on any atom is -0.396 e. The molecule has 18 heavy (non-hydrogen) atoms. The summed E-state index contributed by atoms with van der Waals surface area (Å²) < 4.78 is 13.4. The van der Waals surface area contributed by atoms with Gasteiger partial charge in [-0.1, -0.05) is 12.1 Å². The summed E-state index contributed by atoms with van der Waals surface area (Å²) in [5, 5.41) is 8.87. The molecule has 0 aromatic heterocycles. The quantitative estimate of drug-likeness (QED) is 0.810. The molecule has 0 radical (unpaired) electrons. The van der Waals surface area contributed by atoms with Crippen molar-refractivity contribution >= 4 is 5.78 Å². The van der Waals surface area contributed by atoms with Gasteiger partial charge in [0.25, 0.3) is 0 Å². The number of hydrogen-bond donors (Lipinski definition) is 1. The Morgan fingerprint density at radius 3 is 2.94 bits per heavy atom. The van der Waals surface area contributed by atoms with Gasteiger partial charge in [-0.15, -0.1) is 0 Å². The first kappa shape index (κ1) is 13.2. The van der Waals surface area contributed by atoms with Crippen molar-refractivity contribution in [3.63, 3.8) is 0 Å². The lowest BCUT2D eigenvalue weighted by Crippen LogP contribution is -2.28. The minimum absolute atomic E-state index is 0.169. The lowest BCUT2D eigenvalue weighted by molar-refractivity contribution is 0.0938. The molecule has 1 atom stereocenters. The van der Waals surface area contributed by atoms with Crippen molar-refractivity contribution in [1.29, 1.82) is 0 Å².